The predicted molar refractivity (Wildman–Crippen MR) is 74.8 cm³/mol. The molecule has 0 amide bonds. The fourth-order valence-electron chi connectivity index (χ4n) is 1.67. The molecule has 5 nitrogen and oxygen atoms in total. The van der Waals surface area contributed by atoms with E-state index in [0.29, 0.717) is 12.1 Å². The summed E-state index contributed by atoms with van der Waals surface area (Å²) in [6.07, 6.45) is 3.87. The van der Waals surface area contributed by atoms with Crippen molar-refractivity contribution in [1.82, 2.24) is 9.78 Å². The lowest BCUT2D eigenvalue weighted by atomic mass is 10.3. The molecule has 2 aromatic rings. The molecule has 0 saturated carbocycles. The Morgan fingerprint density at radius 2 is 2.16 bits per heavy atom. The van der Waals surface area contributed by atoms with E-state index in [1.807, 2.05) is 0 Å². The average Bonchev–Trinajstić information content (AvgIpc) is 2.76. The number of nitrogen functional groups attached to an aromatic ring is 1. The Hall–Kier alpha value is -1.53. The van der Waals surface area contributed by atoms with Crippen molar-refractivity contribution in [1.29, 1.82) is 0 Å². The van der Waals surface area contributed by atoms with E-state index in [1.165, 1.54) is 18.2 Å². The molecule has 0 bridgehead atoms. The second kappa shape index (κ2) is 5.22. The minimum absolute atomic E-state index is 0.0128. The molecule has 0 fully saturated rings. The molecule has 2 rings (SSSR count). The second-order valence-corrected chi connectivity index (χ2v) is 6.79. The fourth-order valence-corrected chi connectivity index (χ4v) is 3.23. The van der Waals surface area contributed by atoms with Crippen molar-refractivity contribution in [3.05, 3.63) is 41.2 Å². The Bertz CT molecular complexity index is 695. The van der Waals surface area contributed by atoms with Gasteiger partial charge in [0.1, 0.15) is 0 Å². The average molecular weight is 300 g/mol. The Kier molecular flexibility index (Phi) is 3.82. The molecule has 2 N–H and O–H groups in total. The third-order valence-electron chi connectivity index (χ3n) is 2.75. The van der Waals surface area contributed by atoms with E-state index in [9.17, 15) is 8.42 Å². The SMILES string of the molecule is Cn1cc(CCS(=O)(=O)c2ccc(N)c(Cl)c2)cn1. The van der Waals surface area contributed by atoms with Crippen LogP contribution in [0.1, 0.15) is 5.56 Å². The number of nitrogens with two attached hydrogens (primary N) is 1. The van der Waals surface area contributed by atoms with Crippen molar-refractivity contribution in [3.63, 3.8) is 0 Å². The highest BCUT2D eigenvalue weighted by molar-refractivity contribution is 7.91. The smallest absolute Gasteiger partial charge is 0.178 e. The van der Waals surface area contributed by atoms with Crippen LogP contribution in [0.5, 0.6) is 0 Å². The second-order valence-electron chi connectivity index (χ2n) is 4.27. The third-order valence-corrected chi connectivity index (χ3v) is 4.79. The first kappa shape index (κ1) is 13.9. The summed E-state index contributed by atoms with van der Waals surface area (Å²) in [5.74, 6) is 0.0128. The van der Waals surface area contributed by atoms with Crippen molar-refractivity contribution < 1.29 is 8.42 Å². The topological polar surface area (TPSA) is 78.0 Å². The zero-order chi connectivity index (χ0) is 14.0. The molecular weight excluding hydrogens is 286 g/mol. The zero-order valence-corrected chi connectivity index (χ0v) is 11.9. The van der Waals surface area contributed by atoms with Crippen LogP contribution >= 0.6 is 11.6 Å². The number of rotatable bonds is 4. The van der Waals surface area contributed by atoms with Gasteiger partial charge in [0.25, 0.3) is 0 Å². The quantitative estimate of drug-likeness (QED) is 0.871. The summed E-state index contributed by atoms with van der Waals surface area (Å²) >= 11 is 5.84. The van der Waals surface area contributed by atoms with Gasteiger partial charge in [0.2, 0.25) is 0 Å². The largest absolute Gasteiger partial charge is 0.398 e. The number of aryl methyl sites for hydroxylation is 2. The molecule has 0 aliphatic carbocycles. The van der Waals surface area contributed by atoms with Gasteiger partial charge >= 0.3 is 0 Å². The molecule has 1 heterocycles. The van der Waals surface area contributed by atoms with Gasteiger partial charge in [-0.1, -0.05) is 11.6 Å². The molecule has 1 aromatic carbocycles. The van der Waals surface area contributed by atoms with Crippen LogP contribution in [0.2, 0.25) is 5.02 Å². The Balaban J connectivity index is 2.16. The van der Waals surface area contributed by atoms with E-state index >= 15 is 0 Å². The van der Waals surface area contributed by atoms with Gasteiger partial charge in [-0.15, -0.1) is 0 Å². The van der Waals surface area contributed by atoms with E-state index in [2.05, 4.69) is 5.10 Å². The van der Waals surface area contributed by atoms with E-state index < -0.39 is 9.84 Å². The van der Waals surface area contributed by atoms with Crippen molar-refractivity contribution >= 4 is 27.1 Å². The lowest BCUT2D eigenvalue weighted by Crippen LogP contribution is -2.09. The van der Waals surface area contributed by atoms with Gasteiger partial charge in [-0.2, -0.15) is 5.10 Å². The van der Waals surface area contributed by atoms with Crippen molar-refractivity contribution in [2.45, 2.75) is 11.3 Å². The summed E-state index contributed by atoms with van der Waals surface area (Å²) < 4.78 is 25.9. The lowest BCUT2D eigenvalue weighted by Gasteiger charge is -2.05. The van der Waals surface area contributed by atoms with Crippen LogP contribution in [0.3, 0.4) is 0 Å². The first-order valence-corrected chi connectivity index (χ1v) is 7.67. The lowest BCUT2D eigenvalue weighted by molar-refractivity contribution is 0.595. The van der Waals surface area contributed by atoms with Gasteiger partial charge in [0, 0.05) is 13.2 Å². The van der Waals surface area contributed by atoms with E-state index in [-0.39, 0.29) is 15.7 Å². The number of hydrogen-bond acceptors (Lipinski definition) is 4. The molecule has 1 aromatic heterocycles. The Labute approximate surface area is 116 Å². The molecule has 102 valence electrons. The minimum atomic E-state index is -3.37. The molecule has 7 heteroatoms. The van der Waals surface area contributed by atoms with Crippen LogP contribution in [0.4, 0.5) is 5.69 Å². The standard InChI is InChI=1S/C12H14ClN3O2S/c1-16-8-9(7-15-16)4-5-19(17,18)10-2-3-12(14)11(13)6-10/h2-3,6-8H,4-5,14H2,1H3. The number of sulfone groups is 1. The summed E-state index contributed by atoms with van der Waals surface area (Å²) in [6.45, 7) is 0. The summed E-state index contributed by atoms with van der Waals surface area (Å²) in [6, 6.07) is 4.36. The molecule has 0 radical (unpaired) electrons. The highest BCUT2D eigenvalue weighted by Crippen LogP contribution is 2.23. The van der Waals surface area contributed by atoms with Gasteiger partial charge in [-0.05, 0) is 30.2 Å². The normalized spacial score (nSPS) is 11.7. The van der Waals surface area contributed by atoms with Crippen LogP contribution in [0.25, 0.3) is 0 Å². The summed E-state index contributed by atoms with van der Waals surface area (Å²) in [5, 5.41) is 4.25. The maximum Gasteiger partial charge on any atom is 0.178 e. The highest BCUT2D eigenvalue weighted by Gasteiger charge is 2.16. The van der Waals surface area contributed by atoms with Gasteiger partial charge in [0.15, 0.2) is 9.84 Å². The van der Waals surface area contributed by atoms with Crippen molar-refractivity contribution in [3.8, 4) is 0 Å². The first-order chi connectivity index (χ1) is 8.88. The monoisotopic (exact) mass is 299 g/mol. The number of halogens is 1. The summed E-state index contributed by atoms with van der Waals surface area (Å²) in [5.41, 5.74) is 6.81. The molecular formula is C12H14ClN3O2S. The molecule has 0 unspecified atom stereocenters. The van der Waals surface area contributed by atoms with E-state index in [0.717, 1.165) is 5.56 Å². The summed E-state index contributed by atoms with van der Waals surface area (Å²) in [4.78, 5) is 0.190. The maximum atomic E-state index is 12.1. The van der Waals surface area contributed by atoms with Gasteiger partial charge in [0.05, 0.1) is 27.6 Å². The Morgan fingerprint density at radius 1 is 1.42 bits per heavy atom. The maximum absolute atomic E-state index is 12.1. The van der Waals surface area contributed by atoms with Crippen LogP contribution in [-0.2, 0) is 23.3 Å². The van der Waals surface area contributed by atoms with Crippen molar-refractivity contribution in [2.24, 2.45) is 7.05 Å². The van der Waals surface area contributed by atoms with Crippen LogP contribution < -0.4 is 5.73 Å². The van der Waals surface area contributed by atoms with Gasteiger partial charge in [-0.3, -0.25) is 4.68 Å². The van der Waals surface area contributed by atoms with Crippen molar-refractivity contribution in [2.75, 3.05) is 11.5 Å². The molecule has 19 heavy (non-hydrogen) atoms. The van der Waals surface area contributed by atoms with Crippen LogP contribution in [-0.4, -0.2) is 24.0 Å². The van der Waals surface area contributed by atoms with Crippen LogP contribution in [0.15, 0.2) is 35.5 Å². The Morgan fingerprint density at radius 3 is 2.74 bits per heavy atom. The third kappa shape index (κ3) is 3.27. The van der Waals surface area contributed by atoms with Gasteiger partial charge < -0.3 is 5.73 Å². The number of benzene rings is 1. The number of aromatic nitrogens is 2. The fraction of sp³-hybridized carbons (Fsp3) is 0.250. The number of hydrogen-bond donors (Lipinski definition) is 1. The highest BCUT2D eigenvalue weighted by atomic mass is 35.5. The van der Waals surface area contributed by atoms with E-state index in [4.69, 9.17) is 17.3 Å². The van der Waals surface area contributed by atoms with Gasteiger partial charge in [-0.25, -0.2) is 8.42 Å². The number of anilines is 1. The minimum Gasteiger partial charge on any atom is -0.398 e. The van der Waals surface area contributed by atoms with Crippen LogP contribution in [0, 0.1) is 0 Å². The summed E-state index contributed by atoms with van der Waals surface area (Å²) in [7, 11) is -1.58. The molecule has 0 atom stereocenters. The first-order valence-electron chi connectivity index (χ1n) is 5.64. The molecule has 0 aliphatic heterocycles. The number of nitrogens with zero attached hydrogens (tertiary/aromatic N) is 2. The molecule has 0 saturated heterocycles. The molecule has 0 aliphatic rings. The predicted octanol–water partition coefficient (Wildman–Crippen LogP) is 1.67. The van der Waals surface area contributed by atoms with E-state index in [1.54, 1.807) is 24.1 Å². The zero-order valence-electron chi connectivity index (χ0n) is 10.4. The molecule has 0 spiro atoms.